The van der Waals surface area contributed by atoms with Gasteiger partial charge in [0.1, 0.15) is 5.82 Å². The predicted molar refractivity (Wildman–Crippen MR) is 134 cm³/mol. The van der Waals surface area contributed by atoms with E-state index in [1.165, 1.54) is 18.2 Å². The van der Waals surface area contributed by atoms with Gasteiger partial charge in [-0.05, 0) is 50.9 Å². The van der Waals surface area contributed by atoms with Crippen molar-refractivity contribution in [3.05, 3.63) is 47.5 Å². The van der Waals surface area contributed by atoms with Gasteiger partial charge in [-0.15, -0.1) is 0 Å². The smallest absolute Gasteiger partial charge is 0.228 e. The van der Waals surface area contributed by atoms with Gasteiger partial charge in [-0.1, -0.05) is 18.2 Å². The Morgan fingerprint density at radius 1 is 1.23 bits per heavy atom. The van der Waals surface area contributed by atoms with Gasteiger partial charge in [0.2, 0.25) is 15.0 Å². The molecule has 11 heteroatoms. The number of rotatable bonds is 10. The zero-order chi connectivity index (χ0) is 24.8. The third-order valence-electron chi connectivity index (χ3n) is 6.31. The standard InChI is InChI=1S/C24H33FN4O4S2/c1-2-26-23(34)28(15-20-8-5-11-32-20)14-19-13-27-24(29(19)16-21-9-6-12-33-21)35(30,31)17-18-7-3-4-10-22(18)25/h3-4,7,10,13,20-21H,2,5-6,8-9,11-12,14-17H2,1H3,(H,26,34). The van der Waals surface area contributed by atoms with Crippen LogP contribution in [-0.4, -0.2) is 66.5 Å². The summed E-state index contributed by atoms with van der Waals surface area (Å²) in [4.78, 5) is 6.33. The van der Waals surface area contributed by atoms with Crippen molar-refractivity contribution in [2.75, 3.05) is 26.3 Å². The number of benzene rings is 1. The van der Waals surface area contributed by atoms with E-state index in [0.29, 0.717) is 43.6 Å². The van der Waals surface area contributed by atoms with Crippen molar-refractivity contribution in [3.63, 3.8) is 0 Å². The van der Waals surface area contributed by atoms with Crippen LogP contribution < -0.4 is 5.32 Å². The fraction of sp³-hybridized carbons (Fsp3) is 0.583. The number of aromatic nitrogens is 2. The molecule has 2 aliphatic rings. The molecule has 3 heterocycles. The second kappa shape index (κ2) is 11.8. The van der Waals surface area contributed by atoms with Gasteiger partial charge in [-0.3, -0.25) is 0 Å². The average molecular weight is 525 g/mol. The van der Waals surface area contributed by atoms with E-state index in [1.807, 2.05) is 11.8 Å². The third-order valence-corrected chi connectivity index (χ3v) is 8.29. The lowest BCUT2D eigenvalue weighted by atomic mass is 10.2. The fourth-order valence-corrected chi connectivity index (χ4v) is 6.35. The summed E-state index contributed by atoms with van der Waals surface area (Å²) >= 11 is 5.62. The van der Waals surface area contributed by atoms with Crippen LogP contribution in [0.1, 0.15) is 43.9 Å². The molecule has 1 aromatic carbocycles. The van der Waals surface area contributed by atoms with Crippen LogP contribution in [0, 0.1) is 5.82 Å². The van der Waals surface area contributed by atoms with Crippen LogP contribution in [-0.2, 0) is 38.2 Å². The Morgan fingerprint density at radius 2 is 1.94 bits per heavy atom. The van der Waals surface area contributed by atoms with Crippen molar-refractivity contribution >= 4 is 27.2 Å². The molecule has 1 N–H and O–H groups in total. The van der Waals surface area contributed by atoms with Crippen LogP contribution in [0.4, 0.5) is 4.39 Å². The van der Waals surface area contributed by atoms with E-state index in [2.05, 4.69) is 10.3 Å². The Kier molecular flexibility index (Phi) is 8.74. The van der Waals surface area contributed by atoms with Gasteiger partial charge in [-0.25, -0.2) is 17.8 Å². The molecular weight excluding hydrogens is 491 g/mol. The van der Waals surface area contributed by atoms with Crippen molar-refractivity contribution < 1.29 is 22.3 Å². The molecule has 0 saturated carbocycles. The minimum Gasteiger partial charge on any atom is -0.376 e. The first-order chi connectivity index (χ1) is 16.9. The highest BCUT2D eigenvalue weighted by Gasteiger charge is 2.29. The lowest BCUT2D eigenvalue weighted by Crippen LogP contribution is -2.43. The van der Waals surface area contributed by atoms with Crippen molar-refractivity contribution in [3.8, 4) is 0 Å². The number of nitrogens with one attached hydrogen (secondary N) is 1. The lowest BCUT2D eigenvalue weighted by Gasteiger charge is -2.28. The molecule has 2 fully saturated rings. The Labute approximate surface area is 211 Å². The molecule has 35 heavy (non-hydrogen) atoms. The van der Waals surface area contributed by atoms with Crippen LogP contribution in [0.5, 0.6) is 0 Å². The number of ether oxygens (including phenoxy) is 2. The molecule has 0 bridgehead atoms. The summed E-state index contributed by atoms with van der Waals surface area (Å²) in [6.07, 6.45) is 5.31. The van der Waals surface area contributed by atoms with Crippen molar-refractivity contribution in [1.82, 2.24) is 19.8 Å². The molecular formula is C24H33FN4O4S2. The monoisotopic (exact) mass is 524 g/mol. The zero-order valence-corrected chi connectivity index (χ0v) is 21.6. The second-order valence-corrected chi connectivity index (χ2v) is 11.2. The highest BCUT2D eigenvalue weighted by Crippen LogP contribution is 2.24. The Balaban J connectivity index is 1.64. The Morgan fingerprint density at radius 3 is 2.60 bits per heavy atom. The largest absolute Gasteiger partial charge is 0.376 e. The maximum absolute atomic E-state index is 14.2. The van der Waals surface area contributed by atoms with Crippen molar-refractivity contribution in [2.24, 2.45) is 0 Å². The van der Waals surface area contributed by atoms with Gasteiger partial charge in [-0.2, -0.15) is 0 Å². The quantitative estimate of drug-likeness (QED) is 0.475. The second-order valence-electron chi connectivity index (χ2n) is 8.98. The number of halogens is 1. The van der Waals surface area contributed by atoms with E-state index in [1.54, 1.807) is 16.8 Å². The number of hydrogen-bond donors (Lipinski definition) is 1. The SMILES string of the molecule is CCNC(=S)N(Cc1cnc(S(=O)(=O)Cc2ccccc2F)n1CC1CCCO1)CC1CCCO1. The van der Waals surface area contributed by atoms with E-state index in [-0.39, 0.29) is 22.9 Å². The van der Waals surface area contributed by atoms with Gasteiger partial charge in [0.15, 0.2) is 5.11 Å². The number of nitrogens with zero attached hydrogens (tertiary/aromatic N) is 3. The van der Waals surface area contributed by atoms with Gasteiger partial charge in [0.25, 0.3) is 0 Å². The molecule has 2 unspecified atom stereocenters. The first kappa shape index (κ1) is 26.0. The van der Waals surface area contributed by atoms with E-state index in [0.717, 1.165) is 32.3 Å². The molecule has 2 saturated heterocycles. The molecule has 8 nitrogen and oxygen atoms in total. The average Bonchev–Trinajstić information content (AvgIpc) is 3.59. The maximum atomic E-state index is 14.2. The van der Waals surface area contributed by atoms with Gasteiger partial charge < -0.3 is 24.3 Å². The van der Waals surface area contributed by atoms with Crippen LogP contribution in [0.15, 0.2) is 35.6 Å². The molecule has 1 aromatic heterocycles. The number of hydrogen-bond acceptors (Lipinski definition) is 6. The lowest BCUT2D eigenvalue weighted by molar-refractivity contribution is 0.0862. The van der Waals surface area contributed by atoms with Crippen LogP contribution in [0.25, 0.3) is 0 Å². The summed E-state index contributed by atoms with van der Waals surface area (Å²) in [6, 6.07) is 5.92. The Bertz CT molecular complexity index is 1110. The molecule has 0 amide bonds. The first-order valence-electron chi connectivity index (χ1n) is 12.1. The topological polar surface area (TPSA) is 85.7 Å². The fourth-order valence-electron chi connectivity index (χ4n) is 4.55. The zero-order valence-electron chi connectivity index (χ0n) is 20.0. The molecule has 0 aliphatic carbocycles. The molecule has 2 aromatic rings. The summed E-state index contributed by atoms with van der Waals surface area (Å²) in [7, 11) is -3.91. The van der Waals surface area contributed by atoms with Crippen molar-refractivity contribution in [2.45, 2.75) is 68.8 Å². The van der Waals surface area contributed by atoms with E-state index >= 15 is 0 Å². The van der Waals surface area contributed by atoms with Crippen LogP contribution in [0.2, 0.25) is 0 Å². The molecule has 0 spiro atoms. The van der Waals surface area contributed by atoms with Gasteiger partial charge in [0, 0.05) is 31.9 Å². The summed E-state index contributed by atoms with van der Waals surface area (Å²) in [5.74, 6) is -1.01. The van der Waals surface area contributed by atoms with Gasteiger partial charge in [0.05, 0.1) is 42.9 Å². The predicted octanol–water partition coefficient (Wildman–Crippen LogP) is 3.05. The molecule has 2 atom stereocenters. The van der Waals surface area contributed by atoms with Crippen molar-refractivity contribution in [1.29, 1.82) is 0 Å². The molecule has 4 rings (SSSR count). The molecule has 0 radical (unpaired) electrons. The van der Waals surface area contributed by atoms with Crippen LogP contribution >= 0.6 is 12.2 Å². The summed E-state index contributed by atoms with van der Waals surface area (Å²) in [6.45, 7) is 5.39. The first-order valence-corrected chi connectivity index (χ1v) is 14.2. The van der Waals surface area contributed by atoms with E-state index < -0.39 is 21.4 Å². The minimum absolute atomic E-state index is 0.0716. The summed E-state index contributed by atoms with van der Waals surface area (Å²) in [5.41, 5.74) is 0.833. The third kappa shape index (κ3) is 6.58. The van der Waals surface area contributed by atoms with Gasteiger partial charge >= 0.3 is 0 Å². The van der Waals surface area contributed by atoms with E-state index in [9.17, 15) is 12.8 Å². The number of thiocarbonyl (C=S) groups is 1. The summed E-state index contributed by atoms with van der Waals surface area (Å²) < 4.78 is 54.4. The number of imidazole rings is 1. The normalized spacial score (nSPS) is 20.3. The maximum Gasteiger partial charge on any atom is 0.228 e. The Hall–Kier alpha value is -2.08. The highest BCUT2D eigenvalue weighted by molar-refractivity contribution is 7.90. The minimum atomic E-state index is -3.91. The number of sulfone groups is 1. The molecule has 192 valence electrons. The van der Waals surface area contributed by atoms with Crippen LogP contribution in [0.3, 0.4) is 0 Å². The van der Waals surface area contributed by atoms with E-state index in [4.69, 9.17) is 21.7 Å². The molecule has 2 aliphatic heterocycles. The summed E-state index contributed by atoms with van der Waals surface area (Å²) in [5, 5.41) is 3.71. The highest BCUT2D eigenvalue weighted by atomic mass is 32.2.